The van der Waals surface area contributed by atoms with E-state index < -0.39 is 7.05 Å². The molecule has 0 amide bonds. The minimum atomic E-state index is -0.718. The topological polar surface area (TPSA) is 54.6 Å². The average Bonchev–Trinajstić information content (AvgIpc) is 2.63. The van der Waals surface area contributed by atoms with E-state index in [0.29, 0.717) is 13.6 Å². The van der Waals surface area contributed by atoms with E-state index in [-0.39, 0.29) is 0 Å². The summed E-state index contributed by atoms with van der Waals surface area (Å²) in [6.45, 7) is 5.71. The van der Waals surface area contributed by atoms with Crippen LogP contribution in [0.4, 0.5) is 0 Å². The van der Waals surface area contributed by atoms with Crippen LogP contribution >= 0.6 is 0 Å². The Morgan fingerprint density at radius 1 is 1.35 bits per heavy atom. The first-order valence-electron chi connectivity index (χ1n) is 5.48. The van der Waals surface area contributed by atoms with Gasteiger partial charge in [0.05, 0.1) is 0 Å². The van der Waals surface area contributed by atoms with Crippen LogP contribution in [0.1, 0.15) is 11.1 Å². The number of benzene rings is 1. The van der Waals surface area contributed by atoms with Crippen LogP contribution < -0.4 is 4.65 Å². The van der Waals surface area contributed by atoms with Crippen molar-refractivity contribution in [3.8, 4) is 5.88 Å². The van der Waals surface area contributed by atoms with E-state index in [9.17, 15) is 5.02 Å². The van der Waals surface area contributed by atoms with Crippen molar-refractivity contribution in [3.63, 3.8) is 0 Å². The molecule has 4 nitrogen and oxygen atoms in total. The van der Waals surface area contributed by atoms with Crippen molar-refractivity contribution in [2.24, 2.45) is 0 Å². The fraction of sp³-hybridized carbons (Fsp3) is 0.273. The van der Waals surface area contributed by atoms with Crippen LogP contribution in [0.5, 0.6) is 5.88 Å². The standard InChI is InChI=1S/C11H14B2NO3/c1-7-4-5-10-9(8(7)2)6-11(17-12-15)14(10)13(3)16/h4-6,15-16H,1-3H3. The fourth-order valence-corrected chi connectivity index (χ4v) is 2.06. The van der Waals surface area contributed by atoms with Crippen LogP contribution in [0, 0.1) is 13.8 Å². The maximum absolute atomic E-state index is 9.77. The molecule has 6 heteroatoms. The molecule has 0 aliphatic carbocycles. The number of hydrogen-bond donors (Lipinski definition) is 2. The number of aryl methyl sites for hydroxylation is 2. The molecule has 2 rings (SSSR count). The fourth-order valence-electron chi connectivity index (χ4n) is 2.06. The Morgan fingerprint density at radius 2 is 2.06 bits per heavy atom. The smallest absolute Gasteiger partial charge is 0.525 e. The second kappa shape index (κ2) is 4.47. The van der Waals surface area contributed by atoms with Gasteiger partial charge in [0.2, 0.25) is 0 Å². The number of nitrogens with zero attached hydrogens (tertiary/aromatic N) is 1. The van der Waals surface area contributed by atoms with Crippen molar-refractivity contribution in [2.75, 3.05) is 0 Å². The third-order valence-electron chi connectivity index (χ3n) is 3.07. The number of rotatable bonds is 3. The highest BCUT2D eigenvalue weighted by Gasteiger charge is 2.18. The van der Waals surface area contributed by atoms with E-state index in [1.54, 1.807) is 11.3 Å². The number of fused-ring (bicyclic) bond motifs is 1. The molecule has 0 aliphatic rings. The number of aromatic nitrogens is 1. The molecule has 1 aromatic carbocycles. The minimum Gasteiger partial charge on any atom is -0.525 e. The Kier molecular flexibility index (Phi) is 3.17. The van der Waals surface area contributed by atoms with Gasteiger partial charge >= 0.3 is 14.7 Å². The lowest BCUT2D eigenvalue weighted by atomic mass is 9.87. The van der Waals surface area contributed by atoms with Gasteiger partial charge in [-0.3, -0.25) is 0 Å². The first-order valence-corrected chi connectivity index (χ1v) is 5.48. The highest BCUT2D eigenvalue weighted by atomic mass is 16.5. The monoisotopic (exact) mass is 230 g/mol. The molecule has 1 aromatic heterocycles. The summed E-state index contributed by atoms with van der Waals surface area (Å²) in [7, 11) is -0.0977. The van der Waals surface area contributed by atoms with Crippen LogP contribution in [0.15, 0.2) is 18.2 Å². The highest BCUT2D eigenvalue weighted by Crippen LogP contribution is 2.29. The van der Waals surface area contributed by atoms with E-state index in [1.807, 2.05) is 32.0 Å². The number of hydrogen-bond acceptors (Lipinski definition) is 3. The first kappa shape index (κ1) is 12.1. The third kappa shape index (κ3) is 1.94. The molecule has 0 saturated heterocycles. The molecule has 17 heavy (non-hydrogen) atoms. The summed E-state index contributed by atoms with van der Waals surface area (Å²) in [5.41, 5.74) is 3.21. The molecule has 0 atom stereocenters. The van der Waals surface area contributed by atoms with Crippen molar-refractivity contribution in [1.82, 2.24) is 4.48 Å². The molecule has 0 fully saturated rings. The second-order valence-electron chi connectivity index (χ2n) is 4.15. The van der Waals surface area contributed by atoms with E-state index in [0.717, 1.165) is 16.5 Å². The van der Waals surface area contributed by atoms with Crippen LogP contribution in [0.25, 0.3) is 10.9 Å². The molecule has 2 aromatic rings. The third-order valence-corrected chi connectivity index (χ3v) is 3.07. The molecule has 0 unspecified atom stereocenters. The molecule has 0 aliphatic heterocycles. The van der Waals surface area contributed by atoms with Crippen LogP contribution in [-0.2, 0) is 0 Å². The molecular formula is C11H14B2NO3. The summed E-state index contributed by atoms with van der Waals surface area (Å²) in [4.78, 5) is 0. The SMILES string of the molecule is CB(O)n1c(O[B]O)cc2c(C)c(C)ccc21. The normalized spacial score (nSPS) is 10.6. The Bertz CT molecular complexity index is 551. The molecular weight excluding hydrogens is 216 g/mol. The van der Waals surface area contributed by atoms with Crippen molar-refractivity contribution in [2.45, 2.75) is 20.7 Å². The van der Waals surface area contributed by atoms with E-state index in [1.165, 1.54) is 5.56 Å². The first-order chi connectivity index (χ1) is 8.06. The van der Waals surface area contributed by atoms with Crippen molar-refractivity contribution < 1.29 is 14.7 Å². The molecule has 2 N–H and O–H groups in total. The minimum absolute atomic E-state index is 0.422. The van der Waals surface area contributed by atoms with Crippen molar-refractivity contribution >= 4 is 25.6 Å². The molecule has 87 valence electrons. The van der Waals surface area contributed by atoms with E-state index in [2.05, 4.69) is 0 Å². The van der Waals surface area contributed by atoms with Gasteiger partial charge in [-0.15, -0.1) is 0 Å². The Labute approximate surface area is 101 Å². The van der Waals surface area contributed by atoms with Gasteiger partial charge in [-0.1, -0.05) is 6.07 Å². The quantitative estimate of drug-likeness (QED) is 0.776. The van der Waals surface area contributed by atoms with Gasteiger partial charge < -0.3 is 19.2 Å². The van der Waals surface area contributed by atoms with Gasteiger partial charge in [-0.25, -0.2) is 0 Å². The van der Waals surface area contributed by atoms with Gasteiger partial charge in [-0.2, -0.15) is 0 Å². The van der Waals surface area contributed by atoms with Gasteiger partial charge in [-0.05, 0) is 37.9 Å². The maximum atomic E-state index is 9.77. The predicted octanol–water partition coefficient (Wildman–Crippen LogP) is 1.12. The average molecular weight is 230 g/mol. The zero-order valence-corrected chi connectivity index (χ0v) is 10.1. The zero-order valence-electron chi connectivity index (χ0n) is 10.1. The summed E-state index contributed by atoms with van der Waals surface area (Å²) < 4.78 is 6.65. The lowest BCUT2D eigenvalue weighted by Crippen LogP contribution is -2.21. The summed E-state index contributed by atoms with van der Waals surface area (Å²) in [6, 6.07) is 5.76. The van der Waals surface area contributed by atoms with Gasteiger partial charge in [0.1, 0.15) is 0 Å². The van der Waals surface area contributed by atoms with Gasteiger partial charge in [0, 0.05) is 17.0 Å². The molecule has 0 bridgehead atoms. The second-order valence-corrected chi connectivity index (χ2v) is 4.15. The summed E-state index contributed by atoms with van der Waals surface area (Å²) in [5.74, 6) is 0.422. The summed E-state index contributed by atoms with van der Waals surface area (Å²) in [6.07, 6.45) is 0. The Hall–Kier alpha value is -1.39. The van der Waals surface area contributed by atoms with Gasteiger partial charge in [0.15, 0.2) is 5.88 Å². The van der Waals surface area contributed by atoms with Crippen molar-refractivity contribution in [1.29, 1.82) is 0 Å². The molecule has 1 heterocycles. The predicted molar refractivity (Wildman–Crippen MR) is 69.2 cm³/mol. The van der Waals surface area contributed by atoms with Crippen LogP contribution in [0.3, 0.4) is 0 Å². The molecule has 0 saturated carbocycles. The lowest BCUT2D eigenvalue weighted by Gasteiger charge is -2.10. The largest absolute Gasteiger partial charge is 0.570 e. The highest BCUT2D eigenvalue weighted by molar-refractivity contribution is 6.49. The van der Waals surface area contributed by atoms with Crippen LogP contribution in [-0.4, -0.2) is 29.3 Å². The van der Waals surface area contributed by atoms with Gasteiger partial charge in [0.25, 0.3) is 0 Å². The maximum Gasteiger partial charge on any atom is 0.570 e. The summed E-state index contributed by atoms with van der Waals surface area (Å²) >= 11 is 0. The van der Waals surface area contributed by atoms with E-state index >= 15 is 0 Å². The van der Waals surface area contributed by atoms with Crippen molar-refractivity contribution in [3.05, 3.63) is 29.3 Å². The summed E-state index contributed by atoms with van der Waals surface area (Å²) in [5, 5.41) is 19.5. The Balaban J connectivity index is 2.74. The molecule has 1 radical (unpaired) electrons. The molecule has 0 spiro atoms. The lowest BCUT2D eigenvalue weighted by molar-refractivity contribution is 0.436. The zero-order chi connectivity index (χ0) is 12.6. The Morgan fingerprint density at radius 3 is 2.65 bits per heavy atom. The van der Waals surface area contributed by atoms with Crippen LogP contribution in [0.2, 0.25) is 6.82 Å². The van der Waals surface area contributed by atoms with E-state index in [4.69, 9.17) is 9.68 Å².